The van der Waals surface area contributed by atoms with E-state index in [1.54, 1.807) is 43.3 Å². The molecular formula is C28H25ClN4O3S. The number of benzene rings is 2. The molecule has 0 bridgehead atoms. The van der Waals surface area contributed by atoms with Gasteiger partial charge in [0.1, 0.15) is 5.76 Å². The Labute approximate surface area is 224 Å². The number of halogens is 1. The summed E-state index contributed by atoms with van der Waals surface area (Å²) < 4.78 is 5.67. The molecule has 0 fully saturated rings. The number of dihydropyridines is 1. The van der Waals surface area contributed by atoms with Crippen molar-refractivity contribution in [2.24, 2.45) is 0 Å². The fourth-order valence-corrected chi connectivity index (χ4v) is 5.15. The number of carbonyl (C=O) groups excluding carboxylic acids is 2. The summed E-state index contributed by atoms with van der Waals surface area (Å²) in [6, 6.07) is 18.3. The summed E-state index contributed by atoms with van der Waals surface area (Å²) in [5.41, 5.74) is 4.47. The highest BCUT2D eigenvalue weighted by Crippen LogP contribution is 2.41. The Balaban J connectivity index is 1.60. The van der Waals surface area contributed by atoms with Crippen molar-refractivity contribution in [1.82, 2.24) is 5.32 Å². The van der Waals surface area contributed by atoms with Gasteiger partial charge in [-0.1, -0.05) is 41.6 Å². The first kappa shape index (κ1) is 26.1. The highest BCUT2D eigenvalue weighted by molar-refractivity contribution is 8.03. The van der Waals surface area contributed by atoms with E-state index in [4.69, 9.17) is 16.0 Å². The van der Waals surface area contributed by atoms with Crippen molar-refractivity contribution in [2.75, 3.05) is 16.4 Å². The van der Waals surface area contributed by atoms with E-state index in [-0.39, 0.29) is 17.6 Å². The molecule has 1 aromatic heterocycles. The summed E-state index contributed by atoms with van der Waals surface area (Å²) in [4.78, 5) is 26.2. The number of nitrogens with one attached hydrogen (secondary N) is 3. The fourth-order valence-electron chi connectivity index (χ4n) is 4.13. The van der Waals surface area contributed by atoms with E-state index in [9.17, 15) is 14.9 Å². The molecule has 4 rings (SSSR count). The second-order valence-electron chi connectivity index (χ2n) is 8.53. The molecule has 2 aromatic carbocycles. The lowest BCUT2D eigenvalue weighted by Gasteiger charge is -2.28. The minimum atomic E-state index is -0.729. The topological polar surface area (TPSA) is 107 Å². The van der Waals surface area contributed by atoms with Crippen molar-refractivity contribution in [1.29, 1.82) is 5.26 Å². The molecule has 2 heterocycles. The molecule has 0 aliphatic carbocycles. The molecule has 3 aromatic rings. The van der Waals surface area contributed by atoms with E-state index in [0.29, 0.717) is 38.3 Å². The zero-order valence-electron chi connectivity index (χ0n) is 20.5. The van der Waals surface area contributed by atoms with Gasteiger partial charge < -0.3 is 20.4 Å². The number of hydrogen-bond acceptors (Lipinski definition) is 6. The Morgan fingerprint density at radius 2 is 1.76 bits per heavy atom. The van der Waals surface area contributed by atoms with Gasteiger partial charge in [0.15, 0.2) is 0 Å². The molecule has 1 aliphatic heterocycles. The van der Waals surface area contributed by atoms with E-state index in [0.717, 1.165) is 16.8 Å². The summed E-state index contributed by atoms with van der Waals surface area (Å²) >= 11 is 7.09. The van der Waals surface area contributed by atoms with Crippen LogP contribution in [0.4, 0.5) is 11.4 Å². The van der Waals surface area contributed by atoms with Crippen LogP contribution in [0.1, 0.15) is 29.7 Å². The summed E-state index contributed by atoms with van der Waals surface area (Å²) in [6.45, 7) is 5.63. The van der Waals surface area contributed by atoms with E-state index >= 15 is 0 Å². The number of anilines is 2. The number of thioether (sulfide) groups is 1. The first-order valence-corrected chi connectivity index (χ1v) is 12.9. The Bertz CT molecular complexity index is 1420. The number of carbonyl (C=O) groups is 2. The number of aryl methyl sites for hydroxylation is 2. The fraction of sp³-hybridized carbons (Fsp3) is 0.179. The largest absolute Gasteiger partial charge is 0.468 e. The number of amides is 2. The first-order valence-electron chi connectivity index (χ1n) is 11.5. The molecule has 37 heavy (non-hydrogen) atoms. The molecule has 2 amide bonds. The number of allylic oxidation sites excluding steroid dienone is 2. The van der Waals surface area contributed by atoms with Gasteiger partial charge in [-0.2, -0.15) is 5.26 Å². The molecule has 3 N–H and O–H groups in total. The molecule has 1 atom stereocenters. The predicted octanol–water partition coefficient (Wildman–Crippen LogP) is 6.26. The molecule has 0 spiro atoms. The van der Waals surface area contributed by atoms with Gasteiger partial charge in [0.05, 0.1) is 40.2 Å². The minimum absolute atomic E-state index is 0.0538. The third kappa shape index (κ3) is 5.91. The normalized spacial score (nSPS) is 15.2. The summed E-state index contributed by atoms with van der Waals surface area (Å²) in [7, 11) is 0. The molecule has 9 heteroatoms. The predicted molar refractivity (Wildman–Crippen MR) is 147 cm³/mol. The lowest BCUT2D eigenvalue weighted by molar-refractivity contribution is -0.114. The average Bonchev–Trinajstić information content (AvgIpc) is 3.40. The third-order valence-electron chi connectivity index (χ3n) is 5.92. The molecule has 0 radical (unpaired) electrons. The van der Waals surface area contributed by atoms with Crippen LogP contribution >= 0.6 is 23.4 Å². The Morgan fingerprint density at radius 3 is 2.38 bits per heavy atom. The number of furan rings is 1. The third-order valence-corrected chi connectivity index (χ3v) is 7.18. The van der Waals surface area contributed by atoms with Crippen LogP contribution < -0.4 is 16.0 Å². The van der Waals surface area contributed by atoms with Crippen molar-refractivity contribution >= 4 is 46.6 Å². The van der Waals surface area contributed by atoms with Crippen LogP contribution in [0.2, 0.25) is 5.02 Å². The number of para-hydroxylation sites is 1. The van der Waals surface area contributed by atoms with Crippen molar-refractivity contribution in [3.63, 3.8) is 0 Å². The van der Waals surface area contributed by atoms with Crippen molar-refractivity contribution < 1.29 is 14.0 Å². The van der Waals surface area contributed by atoms with Gasteiger partial charge in [-0.25, -0.2) is 0 Å². The quantitative estimate of drug-likeness (QED) is 0.331. The highest BCUT2D eigenvalue weighted by Gasteiger charge is 2.36. The second-order valence-corrected chi connectivity index (χ2v) is 9.95. The summed E-state index contributed by atoms with van der Waals surface area (Å²) in [6.07, 6.45) is 1.51. The van der Waals surface area contributed by atoms with Crippen LogP contribution in [-0.2, 0) is 9.59 Å². The lowest BCUT2D eigenvalue weighted by Crippen LogP contribution is -2.31. The number of hydrogen-bond donors (Lipinski definition) is 3. The lowest BCUT2D eigenvalue weighted by atomic mass is 9.85. The van der Waals surface area contributed by atoms with Crippen molar-refractivity contribution in [3.05, 3.63) is 105 Å². The van der Waals surface area contributed by atoms with E-state index in [2.05, 4.69) is 22.0 Å². The zero-order chi connectivity index (χ0) is 26.5. The minimum Gasteiger partial charge on any atom is -0.468 e. The molecular weight excluding hydrogens is 508 g/mol. The maximum atomic E-state index is 13.6. The maximum Gasteiger partial charge on any atom is 0.254 e. The number of nitriles is 1. The van der Waals surface area contributed by atoms with Gasteiger partial charge in [-0.15, -0.1) is 0 Å². The van der Waals surface area contributed by atoms with Gasteiger partial charge >= 0.3 is 0 Å². The highest BCUT2D eigenvalue weighted by atomic mass is 35.5. The van der Waals surface area contributed by atoms with Gasteiger partial charge in [0, 0.05) is 22.1 Å². The average molecular weight is 533 g/mol. The van der Waals surface area contributed by atoms with Gasteiger partial charge in [0.25, 0.3) is 5.91 Å². The van der Waals surface area contributed by atoms with E-state index in [1.165, 1.54) is 18.0 Å². The van der Waals surface area contributed by atoms with Crippen molar-refractivity contribution in [2.45, 2.75) is 26.7 Å². The molecule has 7 nitrogen and oxygen atoms in total. The molecule has 188 valence electrons. The second kappa shape index (κ2) is 11.4. The van der Waals surface area contributed by atoms with Crippen LogP contribution in [0.5, 0.6) is 0 Å². The van der Waals surface area contributed by atoms with Crippen LogP contribution in [0.25, 0.3) is 0 Å². The van der Waals surface area contributed by atoms with Gasteiger partial charge in [-0.05, 0) is 68.3 Å². The summed E-state index contributed by atoms with van der Waals surface area (Å²) in [5, 5.41) is 20.2. The zero-order valence-corrected chi connectivity index (χ0v) is 22.1. The molecule has 1 aliphatic rings. The van der Waals surface area contributed by atoms with Gasteiger partial charge in [-0.3, -0.25) is 9.59 Å². The standard InChI is InChI=1S/C28H25ClN4O3S/c1-16-6-4-7-17(2)26(16)33-27(35)24-18(3)31-28(21(14-30)25(24)22-8-5-13-36-22)37-15-23(34)32-20-11-9-19(29)10-12-20/h4-13,25,31H,15H2,1-3H3,(H,32,34)(H,33,35). The van der Waals surface area contributed by atoms with Crippen molar-refractivity contribution in [3.8, 4) is 6.07 Å². The Morgan fingerprint density at radius 1 is 1.05 bits per heavy atom. The Kier molecular flexibility index (Phi) is 8.07. The molecule has 0 saturated heterocycles. The Hall–Kier alpha value is -3.93. The van der Waals surface area contributed by atoms with Crippen LogP contribution in [0.15, 0.2) is 87.1 Å². The smallest absolute Gasteiger partial charge is 0.254 e. The monoisotopic (exact) mass is 532 g/mol. The molecule has 1 unspecified atom stereocenters. The molecule has 0 saturated carbocycles. The summed E-state index contributed by atoms with van der Waals surface area (Å²) in [5.74, 6) is -0.784. The first-order chi connectivity index (χ1) is 17.8. The van der Waals surface area contributed by atoms with Crippen LogP contribution in [0.3, 0.4) is 0 Å². The van der Waals surface area contributed by atoms with E-state index < -0.39 is 5.92 Å². The van der Waals surface area contributed by atoms with Gasteiger partial charge in [0.2, 0.25) is 5.91 Å². The number of rotatable bonds is 7. The van der Waals surface area contributed by atoms with Crippen LogP contribution in [-0.4, -0.2) is 17.6 Å². The van der Waals surface area contributed by atoms with Crippen LogP contribution in [0, 0.1) is 25.2 Å². The maximum absolute atomic E-state index is 13.6. The SMILES string of the molecule is CC1=C(C(=O)Nc2c(C)cccc2C)C(c2ccco2)C(C#N)=C(SCC(=O)Nc2ccc(Cl)cc2)N1. The van der Waals surface area contributed by atoms with E-state index in [1.807, 2.05) is 32.0 Å². The number of nitrogens with zero attached hydrogens (tertiary/aromatic N) is 1.